The average Bonchev–Trinajstić information content (AvgIpc) is 2.71. The molecule has 6 heteroatoms. The summed E-state index contributed by atoms with van der Waals surface area (Å²) >= 11 is 0. The minimum atomic E-state index is -0.229. The zero-order valence-electron chi connectivity index (χ0n) is 17.4. The molecule has 6 nitrogen and oxygen atoms in total. The quantitative estimate of drug-likeness (QED) is 0.721. The van der Waals surface area contributed by atoms with Gasteiger partial charge in [0.2, 0.25) is 11.8 Å². The first-order chi connectivity index (χ1) is 14.6. The average molecular weight is 408 g/mol. The van der Waals surface area contributed by atoms with Gasteiger partial charge in [0, 0.05) is 30.3 Å². The number of benzene rings is 1. The number of hydrogen-bond donors (Lipinski definition) is 1. The molecule has 0 unspecified atom stereocenters. The van der Waals surface area contributed by atoms with Crippen molar-refractivity contribution < 1.29 is 14.3 Å². The standard InChI is InChI=1S/C24H29N3O3/c1-17-6-5-12-25-23(17)30-13-11-19-14-21(15-19)27-22(28)16-20(26-24(27)29)10-9-18-7-3-2-4-8-18/h2-8,12,19-21H,9-11,13-16H2,1H3,(H,26,29)/t19?,20-,21?/m0/s1. The number of pyridine rings is 1. The third-order valence-corrected chi connectivity index (χ3v) is 6.16. The number of nitrogens with one attached hydrogen (secondary N) is 1. The third kappa shape index (κ3) is 4.81. The second-order valence-electron chi connectivity index (χ2n) is 8.39. The minimum absolute atomic E-state index is 0.0224. The highest BCUT2D eigenvalue weighted by atomic mass is 16.5. The van der Waals surface area contributed by atoms with E-state index in [4.69, 9.17) is 4.74 Å². The molecule has 2 fully saturated rings. The van der Waals surface area contributed by atoms with Crippen LogP contribution >= 0.6 is 0 Å². The molecular weight excluding hydrogens is 378 g/mol. The molecule has 1 saturated carbocycles. The van der Waals surface area contributed by atoms with Gasteiger partial charge in [-0.3, -0.25) is 9.69 Å². The summed E-state index contributed by atoms with van der Waals surface area (Å²) in [5.74, 6) is 1.12. The van der Waals surface area contributed by atoms with E-state index in [1.54, 1.807) is 6.20 Å². The highest BCUT2D eigenvalue weighted by Crippen LogP contribution is 2.35. The fourth-order valence-corrected chi connectivity index (χ4v) is 4.34. The van der Waals surface area contributed by atoms with E-state index in [1.165, 1.54) is 10.5 Å². The molecule has 1 saturated heterocycles. The molecule has 30 heavy (non-hydrogen) atoms. The number of imide groups is 1. The van der Waals surface area contributed by atoms with E-state index >= 15 is 0 Å². The van der Waals surface area contributed by atoms with Gasteiger partial charge < -0.3 is 10.1 Å². The molecule has 0 bridgehead atoms. The Morgan fingerprint density at radius 3 is 2.63 bits per heavy atom. The zero-order valence-corrected chi connectivity index (χ0v) is 17.4. The minimum Gasteiger partial charge on any atom is -0.477 e. The number of urea groups is 1. The van der Waals surface area contributed by atoms with Crippen LogP contribution in [0.4, 0.5) is 4.79 Å². The van der Waals surface area contributed by atoms with Gasteiger partial charge in [-0.05, 0) is 56.6 Å². The number of hydrogen-bond acceptors (Lipinski definition) is 4. The van der Waals surface area contributed by atoms with Gasteiger partial charge in [0.1, 0.15) is 0 Å². The Morgan fingerprint density at radius 1 is 1.10 bits per heavy atom. The highest BCUT2D eigenvalue weighted by Gasteiger charge is 2.42. The Bertz CT molecular complexity index is 862. The number of aryl methyl sites for hydroxylation is 2. The summed E-state index contributed by atoms with van der Waals surface area (Å²) in [7, 11) is 0. The predicted octanol–water partition coefficient (Wildman–Crippen LogP) is 3.88. The van der Waals surface area contributed by atoms with Crippen LogP contribution in [0.15, 0.2) is 48.7 Å². The van der Waals surface area contributed by atoms with Crippen LogP contribution in [0.3, 0.4) is 0 Å². The van der Waals surface area contributed by atoms with Crippen LogP contribution in [0.5, 0.6) is 5.88 Å². The van der Waals surface area contributed by atoms with Crippen LogP contribution in [0.2, 0.25) is 0 Å². The third-order valence-electron chi connectivity index (χ3n) is 6.16. The van der Waals surface area contributed by atoms with Crippen molar-refractivity contribution in [1.82, 2.24) is 15.2 Å². The van der Waals surface area contributed by atoms with Crippen molar-refractivity contribution in [3.05, 3.63) is 59.8 Å². The summed E-state index contributed by atoms with van der Waals surface area (Å²) in [5, 5.41) is 3.04. The number of rotatable bonds is 8. The summed E-state index contributed by atoms with van der Waals surface area (Å²) < 4.78 is 5.77. The van der Waals surface area contributed by atoms with Crippen LogP contribution in [0, 0.1) is 12.8 Å². The Balaban J connectivity index is 1.19. The summed E-state index contributed by atoms with van der Waals surface area (Å²) in [5.41, 5.74) is 2.26. The maximum Gasteiger partial charge on any atom is 0.324 e. The summed E-state index contributed by atoms with van der Waals surface area (Å²) in [4.78, 5) is 30.9. The van der Waals surface area contributed by atoms with E-state index < -0.39 is 0 Å². The molecule has 1 aliphatic heterocycles. The fraction of sp³-hybridized carbons (Fsp3) is 0.458. The van der Waals surface area contributed by atoms with Crippen LogP contribution < -0.4 is 10.1 Å². The second-order valence-corrected chi connectivity index (χ2v) is 8.39. The van der Waals surface area contributed by atoms with E-state index in [0.717, 1.165) is 37.7 Å². The second kappa shape index (κ2) is 9.28. The van der Waals surface area contributed by atoms with E-state index in [-0.39, 0.29) is 24.0 Å². The maximum atomic E-state index is 12.6. The summed E-state index contributed by atoms with van der Waals surface area (Å²) in [6.07, 6.45) is 6.40. The first-order valence-electron chi connectivity index (χ1n) is 10.8. The Morgan fingerprint density at radius 2 is 1.90 bits per heavy atom. The first kappa shape index (κ1) is 20.4. The molecule has 4 rings (SSSR count). The van der Waals surface area contributed by atoms with Gasteiger partial charge >= 0.3 is 6.03 Å². The largest absolute Gasteiger partial charge is 0.477 e. The molecular formula is C24H29N3O3. The van der Waals surface area contributed by atoms with Crippen molar-refractivity contribution in [1.29, 1.82) is 0 Å². The molecule has 1 atom stereocenters. The molecule has 1 N–H and O–H groups in total. The van der Waals surface area contributed by atoms with Crippen molar-refractivity contribution in [3.63, 3.8) is 0 Å². The summed E-state index contributed by atoms with van der Waals surface area (Å²) in [6, 6.07) is 13.8. The lowest BCUT2D eigenvalue weighted by molar-refractivity contribution is -0.134. The Hall–Kier alpha value is -2.89. The van der Waals surface area contributed by atoms with Gasteiger partial charge in [-0.15, -0.1) is 0 Å². The first-order valence-corrected chi connectivity index (χ1v) is 10.8. The van der Waals surface area contributed by atoms with Crippen molar-refractivity contribution in [2.24, 2.45) is 5.92 Å². The number of nitrogens with zero attached hydrogens (tertiary/aromatic N) is 2. The highest BCUT2D eigenvalue weighted by molar-refractivity contribution is 5.97. The molecule has 2 aromatic rings. The van der Waals surface area contributed by atoms with Crippen molar-refractivity contribution in [3.8, 4) is 5.88 Å². The van der Waals surface area contributed by atoms with Crippen LogP contribution in [0.1, 0.15) is 43.2 Å². The van der Waals surface area contributed by atoms with Crippen LogP contribution in [0.25, 0.3) is 0 Å². The molecule has 2 heterocycles. The van der Waals surface area contributed by atoms with Gasteiger partial charge in [0.05, 0.1) is 6.61 Å². The van der Waals surface area contributed by atoms with Crippen LogP contribution in [-0.4, -0.2) is 40.5 Å². The van der Waals surface area contributed by atoms with E-state index in [0.29, 0.717) is 24.8 Å². The molecule has 3 amide bonds. The molecule has 0 radical (unpaired) electrons. The maximum absolute atomic E-state index is 12.6. The lowest BCUT2D eigenvalue weighted by Crippen LogP contribution is -2.60. The van der Waals surface area contributed by atoms with E-state index in [2.05, 4.69) is 22.4 Å². The number of amides is 3. The fourth-order valence-electron chi connectivity index (χ4n) is 4.34. The van der Waals surface area contributed by atoms with Gasteiger partial charge in [0.15, 0.2) is 0 Å². The zero-order chi connectivity index (χ0) is 20.9. The Labute approximate surface area is 177 Å². The topological polar surface area (TPSA) is 71.5 Å². The van der Waals surface area contributed by atoms with Crippen molar-refractivity contribution >= 4 is 11.9 Å². The lowest BCUT2D eigenvalue weighted by Gasteiger charge is -2.44. The Kier molecular flexibility index (Phi) is 6.31. The monoisotopic (exact) mass is 407 g/mol. The number of carbonyl (C=O) groups is 2. The number of aromatic nitrogens is 1. The normalized spacial score (nSPS) is 23.6. The number of ether oxygens (including phenoxy) is 1. The van der Waals surface area contributed by atoms with Gasteiger partial charge in [0.25, 0.3) is 0 Å². The molecule has 1 aliphatic carbocycles. The van der Waals surface area contributed by atoms with Crippen molar-refractivity contribution in [2.75, 3.05) is 6.61 Å². The van der Waals surface area contributed by atoms with Gasteiger partial charge in [-0.25, -0.2) is 9.78 Å². The molecule has 158 valence electrons. The van der Waals surface area contributed by atoms with Crippen LogP contribution in [-0.2, 0) is 11.2 Å². The number of carbonyl (C=O) groups excluding carboxylic acids is 2. The van der Waals surface area contributed by atoms with E-state index in [9.17, 15) is 9.59 Å². The van der Waals surface area contributed by atoms with Crippen molar-refractivity contribution in [2.45, 2.75) is 57.5 Å². The molecule has 1 aromatic carbocycles. The molecule has 2 aliphatic rings. The molecule has 1 aromatic heterocycles. The predicted molar refractivity (Wildman–Crippen MR) is 114 cm³/mol. The molecule has 0 spiro atoms. The lowest BCUT2D eigenvalue weighted by atomic mass is 9.77. The summed E-state index contributed by atoms with van der Waals surface area (Å²) in [6.45, 7) is 2.59. The SMILES string of the molecule is Cc1cccnc1OCCC1CC(N2C(=O)C[C@H](CCc3ccccc3)NC2=O)C1. The van der Waals surface area contributed by atoms with E-state index in [1.807, 2.05) is 37.3 Å². The smallest absolute Gasteiger partial charge is 0.324 e. The van der Waals surface area contributed by atoms with Gasteiger partial charge in [-0.1, -0.05) is 36.4 Å². The van der Waals surface area contributed by atoms with Gasteiger partial charge in [-0.2, -0.15) is 0 Å².